The van der Waals surface area contributed by atoms with Crippen LogP contribution in [0.15, 0.2) is 16.6 Å². The van der Waals surface area contributed by atoms with Crippen LogP contribution in [0.2, 0.25) is 0 Å². The number of ether oxygens (including phenoxy) is 1. The molecule has 4 rings (SSSR count). The van der Waals surface area contributed by atoms with E-state index in [1.165, 1.54) is 45.1 Å². The third kappa shape index (κ3) is 1.93. The molecule has 0 aromatic heterocycles. The topological polar surface area (TPSA) is 12.5 Å². The van der Waals surface area contributed by atoms with E-state index in [0.29, 0.717) is 5.41 Å². The van der Waals surface area contributed by atoms with E-state index in [0.717, 1.165) is 22.2 Å². The Morgan fingerprint density at radius 2 is 2.14 bits per heavy atom. The van der Waals surface area contributed by atoms with Gasteiger partial charge in [0, 0.05) is 11.5 Å². The average molecular weight is 350 g/mol. The van der Waals surface area contributed by atoms with E-state index in [1.807, 2.05) is 0 Å². The molecule has 0 unspecified atom stereocenters. The Kier molecular flexibility index (Phi) is 3.34. The van der Waals surface area contributed by atoms with E-state index >= 15 is 0 Å². The molecule has 1 heterocycles. The van der Waals surface area contributed by atoms with Gasteiger partial charge in [0.25, 0.3) is 0 Å². The van der Waals surface area contributed by atoms with Gasteiger partial charge < -0.3 is 9.64 Å². The van der Waals surface area contributed by atoms with Gasteiger partial charge in [-0.3, -0.25) is 0 Å². The molecule has 2 aliphatic carbocycles. The Balaban J connectivity index is 1.90. The maximum Gasteiger partial charge on any atom is 0.133 e. The van der Waals surface area contributed by atoms with Crippen LogP contribution in [0.4, 0.5) is 0 Å². The number of likely N-dealkylation sites (N-methyl/N-ethyl adjacent to an activating group) is 1. The van der Waals surface area contributed by atoms with Gasteiger partial charge in [-0.05, 0) is 84.4 Å². The molecular weight excluding hydrogens is 326 g/mol. The highest BCUT2D eigenvalue weighted by Crippen LogP contribution is 2.56. The van der Waals surface area contributed by atoms with E-state index in [9.17, 15) is 0 Å². The molecule has 0 spiro atoms. The minimum atomic E-state index is 0.428. The summed E-state index contributed by atoms with van der Waals surface area (Å²) in [5, 5.41) is 0. The molecule has 2 bridgehead atoms. The lowest BCUT2D eigenvalue weighted by Crippen LogP contribution is -2.59. The molecule has 21 heavy (non-hydrogen) atoms. The van der Waals surface area contributed by atoms with Crippen molar-refractivity contribution in [1.29, 1.82) is 0 Å². The second-order valence-electron chi connectivity index (χ2n) is 7.15. The van der Waals surface area contributed by atoms with Crippen LogP contribution < -0.4 is 4.74 Å². The predicted octanol–water partition coefficient (Wildman–Crippen LogP) is 4.15. The first-order valence-corrected chi connectivity index (χ1v) is 9.02. The quantitative estimate of drug-likeness (QED) is 0.755. The van der Waals surface area contributed by atoms with Crippen LogP contribution in [-0.2, 0) is 11.8 Å². The first kappa shape index (κ1) is 14.1. The summed E-state index contributed by atoms with van der Waals surface area (Å²) in [4.78, 5) is 2.62. The zero-order valence-corrected chi connectivity index (χ0v) is 14.6. The van der Waals surface area contributed by atoms with E-state index in [1.54, 1.807) is 18.2 Å². The first-order chi connectivity index (χ1) is 10.2. The summed E-state index contributed by atoms with van der Waals surface area (Å²) in [5.41, 5.74) is 3.59. The van der Waals surface area contributed by atoms with Gasteiger partial charge in [-0.1, -0.05) is 12.8 Å². The van der Waals surface area contributed by atoms with Crippen LogP contribution >= 0.6 is 15.9 Å². The molecule has 3 atom stereocenters. The van der Waals surface area contributed by atoms with Crippen molar-refractivity contribution in [3.63, 3.8) is 0 Å². The highest BCUT2D eigenvalue weighted by Gasteiger charge is 2.53. The lowest BCUT2D eigenvalue weighted by atomic mass is 9.52. The van der Waals surface area contributed by atoms with Gasteiger partial charge in [-0.15, -0.1) is 0 Å². The molecule has 1 aromatic carbocycles. The molecule has 1 aliphatic heterocycles. The number of nitrogens with zero attached hydrogens (tertiary/aromatic N) is 1. The van der Waals surface area contributed by atoms with Crippen molar-refractivity contribution < 1.29 is 4.74 Å². The normalized spacial score (nSPS) is 35.0. The number of hydrogen-bond acceptors (Lipinski definition) is 2. The van der Waals surface area contributed by atoms with Crippen molar-refractivity contribution in [3.05, 3.63) is 27.7 Å². The van der Waals surface area contributed by atoms with E-state index in [4.69, 9.17) is 4.74 Å². The summed E-state index contributed by atoms with van der Waals surface area (Å²) in [7, 11) is 4.11. The van der Waals surface area contributed by atoms with Crippen molar-refractivity contribution in [2.45, 2.75) is 50.0 Å². The summed E-state index contributed by atoms with van der Waals surface area (Å²) in [5.74, 6) is 1.85. The van der Waals surface area contributed by atoms with Crippen molar-refractivity contribution in [1.82, 2.24) is 4.90 Å². The second kappa shape index (κ2) is 4.99. The van der Waals surface area contributed by atoms with Gasteiger partial charge in [0.05, 0.1) is 11.6 Å². The largest absolute Gasteiger partial charge is 0.496 e. The minimum Gasteiger partial charge on any atom is -0.496 e. The molecule has 0 radical (unpaired) electrons. The van der Waals surface area contributed by atoms with Crippen LogP contribution in [0, 0.1) is 5.92 Å². The molecule has 2 nitrogen and oxygen atoms in total. The van der Waals surface area contributed by atoms with E-state index < -0.39 is 0 Å². The summed E-state index contributed by atoms with van der Waals surface area (Å²) in [6, 6.07) is 5.42. The van der Waals surface area contributed by atoms with Gasteiger partial charge in [0.15, 0.2) is 0 Å². The summed E-state index contributed by atoms with van der Waals surface area (Å²) >= 11 is 3.68. The fourth-order valence-electron chi connectivity index (χ4n) is 5.36. The highest BCUT2D eigenvalue weighted by molar-refractivity contribution is 9.10. The number of rotatable bonds is 1. The van der Waals surface area contributed by atoms with Crippen molar-refractivity contribution >= 4 is 15.9 Å². The van der Waals surface area contributed by atoms with Crippen molar-refractivity contribution in [2.24, 2.45) is 5.92 Å². The standard InChI is InChI=1S/C18H24BrNO/c1-20-8-7-18-6-4-3-5-13(18)16(20)10-12-9-15(19)17(21-2)11-14(12)18/h9,11,13,16H,3-8,10H2,1-2H3/t13-,16+,18+/m1/s1. The third-order valence-electron chi connectivity index (χ3n) is 6.38. The highest BCUT2D eigenvalue weighted by atomic mass is 79.9. The maximum atomic E-state index is 5.59. The lowest BCUT2D eigenvalue weighted by molar-refractivity contribution is 0.00271. The molecule has 1 saturated heterocycles. The van der Waals surface area contributed by atoms with Crippen LogP contribution in [0.3, 0.4) is 0 Å². The molecule has 3 heteroatoms. The van der Waals surface area contributed by atoms with E-state index in [-0.39, 0.29) is 0 Å². The minimum absolute atomic E-state index is 0.428. The molecule has 2 fully saturated rings. The van der Waals surface area contributed by atoms with E-state index in [2.05, 4.69) is 40.0 Å². The smallest absolute Gasteiger partial charge is 0.133 e. The van der Waals surface area contributed by atoms with Crippen LogP contribution in [0.25, 0.3) is 0 Å². The molecule has 0 amide bonds. The summed E-state index contributed by atoms with van der Waals surface area (Å²) in [6.45, 7) is 1.25. The van der Waals surface area contributed by atoms with Crippen molar-refractivity contribution in [2.75, 3.05) is 20.7 Å². The number of halogens is 1. The molecule has 114 valence electrons. The molecular formula is C18H24BrNO. The molecule has 0 N–H and O–H groups in total. The van der Waals surface area contributed by atoms with Crippen LogP contribution in [0.5, 0.6) is 5.75 Å². The zero-order valence-electron chi connectivity index (χ0n) is 13.0. The van der Waals surface area contributed by atoms with Crippen LogP contribution in [-0.4, -0.2) is 31.6 Å². The number of hydrogen-bond donors (Lipinski definition) is 0. The third-order valence-corrected chi connectivity index (χ3v) is 7.00. The van der Waals surface area contributed by atoms with Gasteiger partial charge in [0.2, 0.25) is 0 Å². The predicted molar refractivity (Wildman–Crippen MR) is 89.1 cm³/mol. The lowest BCUT2D eigenvalue weighted by Gasteiger charge is -2.58. The Morgan fingerprint density at radius 3 is 2.95 bits per heavy atom. The number of likely N-dealkylation sites (tertiary alicyclic amines) is 1. The SMILES string of the molecule is COc1cc2c(cc1Br)C[C@H]1[C@H]3CCCC[C@@]23CCN1C. The Morgan fingerprint density at radius 1 is 1.29 bits per heavy atom. The van der Waals surface area contributed by atoms with Gasteiger partial charge in [-0.2, -0.15) is 0 Å². The van der Waals surface area contributed by atoms with Gasteiger partial charge in [-0.25, -0.2) is 0 Å². The second-order valence-corrected chi connectivity index (χ2v) is 8.01. The molecule has 1 aromatic rings. The fourth-order valence-corrected chi connectivity index (χ4v) is 5.91. The number of fused-ring (bicyclic) bond motifs is 1. The number of methoxy groups -OCH3 is 1. The van der Waals surface area contributed by atoms with Gasteiger partial charge >= 0.3 is 0 Å². The van der Waals surface area contributed by atoms with Crippen LogP contribution in [0.1, 0.15) is 43.2 Å². The fraction of sp³-hybridized carbons (Fsp3) is 0.667. The number of piperidine rings is 1. The monoisotopic (exact) mass is 349 g/mol. The number of benzene rings is 1. The van der Waals surface area contributed by atoms with Crippen molar-refractivity contribution in [3.8, 4) is 5.75 Å². The summed E-state index contributed by atoms with van der Waals surface area (Å²) in [6.07, 6.45) is 8.13. The first-order valence-electron chi connectivity index (χ1n) is 8.23. The van der Waals surface area contributed by atoms with Gasteiger partial charge in [0.1, 0.15) is 5.75 Å². The Hall–Kier alpha value is -0.540. The molecule has 1 saturated carbocycles. The average Bonchev–Trinajstić information content (AvgIpc) is 2.50. The molecule has 3 aliphatic rings. The summed E-state index contributed by atoms with van der Waals surface area (Å²) < 4.78 is 6.70. The maximum absolute atomic E-state index is 5.59. The zero-order chi connectivity index (χ0) is 14.6. The Labute approximate surface area is 136 Å². The Bertz CT molecular complexity index is 573.